The van der Waals surface area contributed by atoms with Crippen LogP contribution in [0.2, 0.25) is 0 Å². The van der Waals surface area contributed by atoms with Crippen molar-refractivity contribution in [2.24, 2.45) is 0 Å². The first-order valence-corrected chi connectivity index (χ1v) is 12.4. The highest BCUT2D eigenvalue weighted by Crippen LogP contribution is 2.25. The SMILES string of the molecule is COc1ccc(N2CCN(C(=O)c3nnn(-c4ccc(F)cc4)c3CSc3ncccn3)CC2)cc1. The van der Waals surface area contributed by atoms with Crippen LogP contribution in [0.25, 0.3) is 5.69 Å². The van der Waals surface area contributed by atoms with E-state index in [2.05, 4.69) is 25.2 Å². The largest absolute Gasteiger partial charge is 0.497 e. The lowest BCUT2D eigenvalue weighted by Crippen LogP contribution is -2.49. The number of halogens is 1. The zero-order valence-electron chi connectivity index (χ0n) is 19.6. The second-order valence-electron chi connectivity index (χ2n) is 8.07. The first kappa shape index (κ1) is 23.7. The summed E-state index contributed by atoms with van der Waals surface area (Å²) >= 11 is 1.38. The van der Waals surface area contributed by atoms with E-state index in [9.17, 15) is 9.18 Å². The Morgan fingerprint density at radius 2 is 1.64 bits per heavy atom. The Labute approximate surface area is 211 Å². The van der Waals surface area contributed by atoms with Crippen LogP contribution in [0.1, 0.15) is 16.2 Å². The highest BCUT2D eigenvalue weighted by molar-refractivity contribution is 7.98. The maximum absolute atomic E-state index is 13.5. The molecule has 1 amide bonds. The van der Waals surface area contributed by atoms with Gasteiger partial charge in [0, 0.05) is 50.0 Å². The van der Waals surface area contributed by atoms with Crippen LogP contribution in [-0.2, 0) is 5.75 Å². The number of hydrogen-bond acceptors (Lipinski definition) is 8. The fourth-order valence-corrected chi connectivity index (χ4v) is 4.79. The van der Waals surface area contributed by atoms with E-state index in [0.29, 0.717) is 48.5 Å². The molecule has 0 unspecified atom stereocenters. The molecule has 9 nitrogen and oxygen atoms in total. The average molecular weight is 506 g/mol. The molecule has 184 valence electrons. The van der Waals surface area contributed by atoms with Gasteiger partial charge < -0.3 is 14.5 Å². The van der Waals surface area contributed by atoms with Crippen molar-refractivity contribution in [3.63, 3.8) is 0 Å². The Kier molecular flexibility index (Phi) is 7.08. The fraction of sp³-hybridized carbons (Fsp3) is 0.240. The van der Waals surface area contributed by atoms with Gasteiger partial charge >= 0.3 is 0 Å². The minimum Gasteiger partial charge on any atom is -0.497 e. The molecule has 2 aromatic heterocycles. The summed E-state index contributed by atoms with van der Waals surface area (Å²) in [5, 5.41) is 9.07. The number of nitrogens with zero attached hydrogens (tertiary/aromatic N) is 7. The summed E-state index contributed by atoms with van der Waals surface area (Å²) in [5.74, 6) is 0.658. The number of amides is 1. The quantitative estimate of drug-likeness (QED) is 0.279. The molecule has 0 aliphatic carbocycles. The molecule has 5 rings (SSSR count). The number of carbonyl (C=O) groups excluding carboxylic acids is 1. The minimum atomic E-state index is -0.349. The molecular weight excluding hydrogens is 481 g/mol. The predicted molar refractivity (Wildman–Crippen MR) is 134 cm³/mol. The molecule has 0 radical (unpaired) electrons. The number of aromatic nitrogens is 5. The zero-order valence-corrected chi connectivity index (χ0v) is 20.4. The Hall–Kier alpha value is -3.99. The summed E-state index contributed by atoms with van der Waals surface area (Å²) < 4.78 is 20.3. The van der Waals surface area contributed by atoms with E-state index < -0.39 is 0 Å². The average Bonchev–Trinajstić information content (AvgIpc) is 3.36. The summed E-state index contributed by atoms with van der Waals surface area (Å²) in [5.41, 5.74) is 2.60. The van der Waals surface area contributed by atoms with Crippen molar-refractivity contribution < 1.29 is 13.9 Å². The van der Waals surface area contributed by atoms with Crippen LogP contribution >= 0.6 is 11.8 Å². The highest BCUT2D eigenvalue weighted by atomic mass is 32.2. The summed E-state index contributed by atoms with van der Waals surface area (Å²) in [6, 6.07) is 15.6. The number of hydrogen-bond donors (Lipinski definition) is 0. The van der Waals surface area contributed by atoms with E-state index >= 15 is 0 Å². The standard InChI is InChI=1S/C25H24FN7O2S/c1-35-21-9-7-19(8-10-21)31-13-15-32(16-14-31)24(34)23-22(17-36-25-27-11-2-12-28-25)33(30-29-23)20-5-3-18(26)4-6-20/h2-12H,13-17H2,1H3. The van der Waals surface area contributed by atoms with Crippen LogP contribution in [0, 0.1) is 5.82 Å². The monoisotopic (exact) mass is 505 g/mol. The Morgan fingerprint density at radius 3 is 2.31 bits per heavy atom. The first-order chi connectivity index (χ1) is 17.6. The second kappa shape index (κ2) is 10.7. The van der Waals surface area contributed by atoms with Crippen LogP contribution in [-0.4, -0.2) is 69.1 Å². The van der Waals surface area contributed by atoms with Crippen LogP contribution in [0.3, 0.4) is 0 Å². The number of ether oxygens (including phenoxy) is 1. The van der Waals surface area contributed by atoms with E-state index in [1.54, 1.807) is 47.3 Å². The van der Waals surface area contributed by atoms with Gasteiger partial charge in [0.1, 0.15) is 11.6 Å². The van der Waals surface area contributed by atoms with Crippen molar-refractivity contribution in [1.29, 1.82) is 0 Å². The molecule has 0 atom stereocenters. The molecule has 4 aromatic rings. The Balaban J connectivity index is 1.35. The normalized spacial score (nSPS) is 13.6. The van der Waals surface area contributed by atoms with E-state index in [0.717, 1.165) is 11.4 Å². The number of rotatable bonds is 7. The predicted octanol–water partition coefficient (Wildman–Crippen LogP) is 3.46. The minimum absolute atomic E-state index is 0.178. The third-order valence-electron chi connectivity index (χ3n) is 5.92. The van der Waals surface area contributed by atoms with Crippen molar-refractivity contribution >= 4 is 23.4 Å². The molecular formula is C25H24FN7O2S. The lowest BCUT2D eigenvalue weighted by Gasteiger charge is -2.36. The molecule has 0 saturated carbocycles. The number of thioether (sulfide) groups is 1. The summed E-state index contributed by atoms with van der Waals surface area (Å²) in [7, 11) is 1.64. The molecule has 36 heavy (non-hydrogen) atoms. The number of anilines is 1. The maximum atomic E-state index is 13.5. The lowest BCUT2D eigenvalue weighted by atomic mass is 10.2. The van der Waals surface area contributed by atoms with Crippen LogP contribution in [0.4, 0.5) is 10.1 Å². The molecule has 0 spiro atoms. The lowest BCUT2D eigenvalue weighted by molar-refractivity contribution is 0.0740. The summed E-state index contributed by atoms with van der Waals surface area (Å²) in [6.07, 6.45) is 3.33. The smallest absolute Gasteiger partial charge is 0.276 e. The molecule has 1 aliphatic rings. The molecule has 1 saturated heterocycles. The van der Waals surface area contributed by atoms with Gasteiger partial charge in [-0.25, -0.2) is 19.0 Å². The van der Waals surface area contributed by atoms with Crippen molar-refractivity contribution in [2.45, 2.75) is 10.9 Å². The van der Waals surface area contributed by atoms with Crippen molar-refractivity contribution in [3.8, 4) is 11.4 Å². The molecule has 2 aromatic carbocycles. The van der Waals surface area contributed by atoms with Gasteiger partial charge in [0.2, 0.25) is 0 Å². The molecule has 11 heteroatoms. The number of piperazine rings is 1. The Morgan fingerprint density at radius 1 is 0.972 bits per heavy atom. The summed E-state index contributed by atoms with van der Waals surface area (Å²) in [6.45, 7) is 2.52. The molecule has 1 aliphatic heterocycles. The van der Waals surface area contributed by atoms with Crippen LogP contribution in [0.5, 0.6) is 5.75 Å². The zero-order chi connectivity index (χ0) is 24.9. The summed E-state index contributed by atoms with van der Waals surface area (Å²) in [4.78, 5) is 26.1. The number of benzene rings is 2. The van der Waals surface area contributed by atoms with Gasteiger partial charge in [0.25, 0.3) is 5.91 Å². The highest BCUT2D eigenvalue weighted by Gasteiger charge is 2.28. The van der Waals surface area contributed by atoms with Gasteiger partial charge in [-0.2, -0.15) is 0 Å². The molecule has 1 fully saturated rings. The van der Waals surface area contributed by atoms with Gasteiger partial charge in [0.15, 0.2) is 10.9 Å². The molecule has 0 N–H and O–H groups in total. The van der Waals surface area contributed by atoms with Crippen molar-refractivity contribution in [3.05, 3.63) is 84.2 Å². The maximum Gasteiger partial charge on any atom is 0.276 e. The molecule has 0 bridgehead atoms. The third kappa shape index (κ3) is 5.15. The molecule has 3 heterocycles. The van der Waals surface area contributed by atoms with Crippen molar-refractivity contribution in [2.75, 3.05) is 38.2 Å². The van der Waals surface area contributed by atoms with E-state index in [1.165, 1.54) is 23.9 Å². The van der Waals surface area contributed by atoms with E-state index in [1.807, 2.05) is 24.3 Å². The van der Waals surface area contributed by atoms with E-state index in [-0.39, 0.29) is 17.4 Å². The number of methoxy groups -OCH3 is 1. The third-order valence-corrected chi connectivity index (χ3v) is 6.81. The first-order valence-electron chi connectivity index (χ1n) is 11.4. The van der Waals surface area contributed by atoms with Crippen LogP contribution in [0.15, 0.2) is 72.1 Å². The second-order valence-corrected chi connectivity index (χ2v) is 9.01. The fourth-order valence-electron chi connectivity index (χ4n) is 3.99. The van der Waals surface area contributed by atoms with Crippen LogP contribution < -0.4 is 9.64 Å². The van der Waals surface area contributed by atoms with Gasteiger partial charge in [0.05, 0.1) is 18.5 Å². The Bertz CT molecular complexity index is 1310. The van der Waals surface area contributed by atoms with Gasteiger partial charge in [-0.15, -0.1) is 5.10 Å². The number of carbonyl (C=O) groups is 1. The van der Waals surface area contributed by atoms with Gasteiger partial charge in [-0.05, 0) is 54.6 Å². The van der Waals surface area contributed by atoms with Gasteiger partial charge in [-0.3, -0.25) is 4.79 Å². The van der Waals surface area contributed by atoms with Gasteiger partial charge in [-0.1, -0.05) is 17.0 Å². The topological polar surface area (TPSA) is 89.3 Å². The van der Waals surface area contributed by atoms with E-state index in [4.69, 9.17) is 4.74 Å². The van der Waals surface area contributed by atoms with Crippen molar-refractivity contribution in [1.82, 2.24) is 29.9 Å².